The topological polar surface area (TPSA) is 203 Å². The summed E-state index contributed by atoms with van der Waals surface area (Å²) in [5.41, 5.74) is -2.60. The van der Waals surface area contributed by atoms with Gasteiger partial charge in [0.25, 0.3) is 0 Å². The molecule has 0 saturated heterocycles. The highest BCUT2D eigenvalue weighted by Gasteiger charge is 2.64. The Morgan fingerprint density at radius 1 is 0.311 bits per heavy atom. The summed E-state index contributed by atoms with van der Waals surface area (Å²) in [5.74, 6) is 10.6. The number of hydrogen-bond donors (Lipinski definition) is 0. The Labute approximate surface area is 763 Å². The van der Waals surface area contributed by atoms with Gasteiger partial charge in [-0.1, -0.05) is 207 Å². The van der Waals surface area contributed by atoms with Gasteiger partial charge < -0.3 is 42.6 Å². The molecule has 0 aromatic heterocycles. The van der Waals surface area contributed by atoms with E-state index in [2.05, 4.69) is 6.92 Å². The van der Waals surface area contributed by atoms with Crippen LogP contribution in [0, 0.1) is 111 Å². The van der Waals surface area contributed by atoms with Crippen LogP contribution in [0.3, 0.4) is 0 Å². The van der Waals surface area contributed by atoms with Gasteiger partial charge in [0.05, 0.1) is 52.1 Å². The predicted molar refractivity (Wildman–Crippen MR) is 528 cm³/mol. The van der Waals surface area contributed by atoms with Gasteiger partial charge in [-0.25, -0.2) is 0 Å². The maximum Gasteiger partial charge on any atom is 0.313 e. The van der Waals surface area contributed by atoms with Gasteiger partial charge in [0.15, 0.2) is 12.6 Å². The molecule has 16 heteroatoms. The van der Waals surface area contributed by atoms with E-state index in [0.717, 1.165) is 148 Å². The zero-order valence-corrected chi connectivity index (χ0v) is 75.3. The van der Waals surface area contributed by atoms with Crippen LogP contribution < -0.4 is 0 Å². The van der Waals surface area contributed by atoms with E-state index in [-0.39, 0.29) is 215 Å². The number of rotatable bonds is 26. The Morgan fingerprint density at radius 3 is 0.926 bits per heavy atom. The first-order chi connectivity index (χ1) is 49.8. The van der Waals surface area contributed by atoms with E-state index in [4.69, 9.17) is 42.6 Å². The maximum absolute atomic E-state index is 12.2. The number of ether oxygens (including phenoxy) is 9. The van der Waals surface area contributed by atoms with E-state index in [1.54, 1.807) is 0 Å². The normalized spacial score (nSPS) is 25.1. The summed E-state index contributed by atoms with van der Waals surface area (Å²) >= 11 is 0. The summed E-state index contributed by atoms with van der Waals surface area (Å²) in [4.78, 5) is 81.5. The van der Waals surface area contributed by atoms with Crippen LogP contribution in [-0.4, -0.2) is 94.6 Å². The zero-order chi connectivity index (χ0) is 82.6. The van der Waals surface area contributed by atoms with Crippen LogP contribution in [0.25, 0.3) is 0 Å². The smallest absolute Gasteiger partial charge is 0.313 e. The first kappa shape index (κ1) is 144. The van der Waals surface area contributed by atoms with Gasteiger partial charge in [0.2, 0.25) is 0 Å². The van der Waals surface area contributed by atoms with E-state index in [1.807, 2.05) is 215 Å². The second kappa shape index (κ2) is 62.4. The number of carbonyl (C=O) groups excluding carboxylic acids is 7. The SMILES string of the molecule is C.C.C.C.C.C.C.C.C.C.C.C.C.C.CCC(C)(C)C(=O)OC(C)(C)C.CCC(C)(C)C(=O)OC(C)OC1CC2CC1C1C3CCC(C3)C21.CCC(C)(C)OC(=O)C(C)(C)CC.CCC(C)C(=O)OC(C)(C)C.CCC(C)C(=O)OC(C)(C)CC.CCC(C)C(=O)OC(C)OC1CC2CC1C1C3CCC(C3)C21.CCC(C)C(=O)OC1(CC)CCCCC1. The Bertz CT molecular complexity index is 2760. The summed E-state index contributed by atoms with van der Waals surface area (Å²) in [6.45, 7) is 62.2. The van der Waals surface area contributed by atoms with Crippen LogP contribution in [-0.2, 0) is 76.2 Å². The van der Waals surface area contributed by atoms with Crippen LogP contribution in [0.4, 0.5) is 0 Å². The van der Waals surface area contributed by atoms with Crippen molar-refractivity contribution < 1.29 is 76.2 Å². The minimum atomic E-state index is -0.415. The van der Waals surface area contributed by atoms with Crippen molar-refractivity contribution in [3.63, 3.8) is 0 Å². The molecule has 20 unspecified atom stereocenters. The van der Waals surface area contributed by atoms with Crippen LogP contribution in [0.5, 0.6) is 0 Å². The van der Waals surface area contributed by atoms with Crippen molar-refractivity contribution in [2.75, 3.05) is 0 Å². The summed E-state index contributed by atoms with van der Waals surface area (Å²) in [6, 6.07) is 0. The van der Waals surface area contributed by atoms with E-state index < -0.39 is 11.7 Å². The molecular formula is C106H222O16. The number of esters is 7. The molecule has 0 aromatic carbocycles. The fourth-order valence-corrected chi connectivity index (χ4v) is 17.3. The third-order valence-electron chi connectivity index (χ3n) is 27.0. The van der Waals surface area contributed by atoms with Crippen LogP contribution >= 0.6 is 0 Å². The highest BCUT2D eigenvalue weighted by molar-refractivity contribution is 5.77. The lowest BCUT2D eigenvalue weighted by molar-refractivity contribution is -0.202. The molecule has 9 rings (SSSR count). The molecule has 0 aliphatic heterocycles. The van der Waals surface area contributed by atoms with Crippen LogP contribution in [0.2, 0.25) is 0 Å². The van der Waals surface area contributed by atoms with Crippen LogP contribution in [0.15, 0.2) is 0 Å². The molecule has 122 heavy (non-hydrogen) atoms. The molecule has 0 heterocycles. The molecule has 20 atom stereocenters. The molecule has 9 fully saturated rings. The van der Waals surface area contributed by atoms with E-state index in [9.17, 15) is 33.6 Å². The van der Waals surface area contributed by atoms with Gasteiger partial charge in [-0.15, -0.1) is 0 Å². The highest BCUT2D eigenvalue weighted by Crippen LogP contribution is 2.69. The quantitative estimate of drug-likeness (QED) is 0.0342. The molecule has 0 spiro atoms. The molecule has 742 valence electrons. The van der Waals surface area contributed by atoms with Crippen molar-refractivity contribution in [3.8, 4) is 0 Å². The van der Waals surface area contributed by atoms with Crippen molar-refractivity contribution in [1.29, 1.82) is 0 Å². The lowest BCUT2D eigenvalue weighted by Crippen LogP contribution is -2.39. The van der Waals surface area contributed by atoms with Gasteiger partial charge in [0, 0.05) is 0 Å². The number of hydrogen-bond acceptors (Lipinski definition) is 16. The maximum atomic E-state index is 12.2. The van der Waals surface area contributed by atoms with Crippen molar-refractivity contribution >= 4 is 41.8 Å². The summed E-state index contributed by atoms with van der Waals surface area (Å²) in [7, 11) is 0. The second-order valence-corrected chi connectivity index (χ2v) is 39.6. The molecule has 9 aliphatic carbocycles. The fraction of sp³-hybridized carbons (Fsp3) is 0.934. The molecule has 9 saturated carbocycles. The van der Waals surface area contributed by atoms with Crippen molar-refractivity contribution in [2.24, 2.45) is 111 Å². The van der Waals surface area contributed by atoms with E-state index in [1.165, 1.54) is 83.5 Å². The Morgan fingerprint density at radius 2 is 0.607 bits per heavy atom. The van der Waals surface area contributed by atoms with Gasteiger partial charge in [-0.3, -0.25) is 33.6 Å². The standard InChI is InChI=1S/C20H32O3.C19H30O3.C13H24O2.C11H22O2.2C10H20O2.C9H18O2.14CH4/c1-5-20(3,4)19(21)23-11(2)22-16-10-14-9-15(16)18-13-7-6-12(8-13)17(14)18;1-4-10(2)19(20)22-11(3)21-16-9-14-8-15(16)18-13-6-5-12(7-13)17(14)18;1-4-11(3)12(14)15-13(5-2)9-7-6-8-10-13;1-7-10(3,4)9(12)13-11(5,6)8-2;1-7-10(5,6)8(11)12-9(2,3)4;1-6-8(3)9(11)12-10(4,5)7-2;1-6-7(2)8(10)11-9(3,4)5;;;;;;;;;;;;;;/h11-18H,5-10H2,1-4H3;10-18H,4-9H2,1-3H3;11H,4-10H2,1-3H3;7-8H2,1-6H3;7H2,1-6H3;8H,6-7H2,1-5H3;7H,6H2,1-5H3;14*1H4. The second-order valence-electron chi connectivity index (χ2n) is 39.6. The van der Waals surface area contributed by atoms with Crippen LogP contribution in [0.1, 0.15) is 486 Å². The largest absolute Gasteiger partial charge is 0.460 e. The zero-order valence-electron chi connectivity index (χ0n) is 75.3. The molecule has 0 N–H and O–H groups in total. The first-order valence-electron chi connectivity index (χ1n) is 43.7. The van der Waals surface area contributed by atoms with Crippen molar-refractivity contribution in [3.05, 3.63) is 0 Å². The Balaban J connectivity index is -0.000000116. The van der Waals surface area contributed by atoms with Gasteiger partial charge in [-0.05, 0) is 350 Å². The third kappa shape index (κ3) is 43.1. The third-order valence-corrected chi connectivity index (χ3v) is 27.0. The lowest BCUT2D eigenvalue weighted by Gasteiger charge is -2.39. The molecule has 8 bridgehead atoms. The average Bonchev–Trinajstić information content (AvgIpc) is 1.56. The Kier molecular flexibility index (Phi) is 73.7. The average molecular weight is 1750 g/mol. The summed E-state index contributed by atoms with van der Waals surface area (Å²) in [6.07, 6.45) is 28.2. The van der Waals surface area contributed by atoms with E-state index in [0.29, 0.717) is 12.2 Å². The summed E-state index contributed by atoms with van der Waals surface area (Å²) in [5, 5.41) is 0. The van der Waals surface area contributed by atoms with Gasteiger partial charge in [0.1, 0.15) is 28.0 Å². The van der Waals surface area contributed by atoms with Crippen molar-refractivity contribution in [2.45, 2.75) is 539 Å². The van der Waals surface area contributed by atoms with Crippen molar-refractivity contribution in [1.82, 2.24) is 0 Å². The minimum Gasteiger partial charge on any atom is -0.460 e. The molecule has 0 radical (unpaired) electrons. The highest BCUT2D eigenvalue weighted by atomic mass is 16.7. The fourth-order valence-electron chi connectivity index (χ4n) is 17.3. The molecule has 0 amide bonds. The number of carbonyl (C=O) groups is 7. The monoisotopic (exact) mass is 1750 g/mol. The lowest BCUT2D eigenvalue weighted by atomic mass is 9.70. The number of fused-ring (bicyclic) bond motifs is 18. The summed E-state index contributed by atoms with van der Waals surface area (Å²) < 4.78 is 50.3. The van der Waals surface area contributed by atoms with E-state index >= 15 is 0 Å². The Hall–Kier alpha value is -3.79. The minimum absolute atomic E-state index is 0. The molecule has 9 aliphatic rings. The molecule has 0 aromatic rings. The molecular weight excluding hydrogens is 1530 g/mol. The van der Waals surface area contributed by atoms with Gasteiger partial charge in [-0.2, -0.15) is 0 Å². The van der Waals surface area contributed by atoms with Gasteiger partial charge >= 0.3 is 41.8 Å². The predicted octanol–water partition coefficient (Wildman–Crippen LogP) is 32.1. The first-order valence-corrected chi connectivity index (χ1v) is 43.7. The molecule has 16 nitrogen and oxygen atoms in total.